The number of amides is 1. The SMILES string of the molecule is CCN(c1cc(Cl)cc(C(=O)NCc2c(OC)[nH]c3ncccc3c2=O)c1C)C1CCC(N(C)C)CC1. The van der Waals surface area contributed by atoms with Crippen molar-refractivity contribution in [1.82, 2.24) is 20.2 Å². The average molecular weight is 526 g/mol. The molecule has 3 aromatic rings. The van der Waals surface area contributed by atoms with Gasteiger partial charge in [0.05, 0.1) is 24.6 Å². The van der Waals surface area contributed by atoms with Gasteiger partial charge in [-0.25, -0.2) is 4.98 Å². The van der Waals surface area contributed by atoms with Gasteiger partial charge >= 0.3 is 0 Å². The van der Waals surface area contributed by atoms with E-state index >= 15 is 0 Å². The van der Waals surface area contributed by atoms with Gasteiger partial charge in [0.2, 0.25) is 5.88 Å². The molecule has 2 aromatic heterocycles. The van der Waals surface area contributed by atoms with E-state index < -0.39 is 0 Å². The lowest BCUT2D eigenvalue weighted by Gasteiger charge is -2.40. The molecule has 2 heterocycles. The van der Waals surface area contributed by atoms with Gasteiger partial charge in [-0.3, -0.25) is 9.59 Å². The summed E-state index contributed by atoms with van der Waals surface area (Å²) in [6.07, 6.45) is 6.11. The number of carbonyl (C=O) groups is 1. The third-order valence-electron chi connectivity index (χ3n) is 7.54. The van der Waals surface area contributed by atoms with Crippen LogP contribution in [0.4, 0.5) is 5.69 Å². The highest BCUT2D eigenvalue weighted by Crippen LogP contribution is 2.34. The molecule has 8 nitrogen and oxygen atoms in total. The highest BCUT2D eigenvalue weighted by Gasteiger charge is 2.28. The van der Waals surface area contributed by atoms with Crippen molar-refractivity contribution in [1.29, 1.82) is 0 Å². The van der Waals surface area contributed by atoms with Crippen molar-refractivity contribution in [3.63, 3.8) is 0 Å². The molecule has 0 radical (unpaired) electrons. The molecule has 1 aliphatic carbocycles. The summed E-state index contributed by atoms with van der Waals surface area (Å²) in [4.78, 5) is 38.4. The molecular formula is C28H36ClN5O3. The molecule has 1 aromatic carbocycles. The summed E-state index contributed by atoms with van der Waals surface area (Å²) in [7, 11) is 5.77. The number of anilines is 1. The summed E-state index contributed by atoms with van der Waals surface area (Å²) in [5.74, 6) is -0.00755. The number of aromatic amines is 1. The maximum Gasteiger partial charge on any atom is 0.251 e. The number of nitrogens with one attached hydrogen (secondary N) is 2. The normalized spacial score (nSPS) is 17.7. The number of rotatable bonds is 8. The zero-order chi connectivity index (χ0) is 26.7. The first-order valence-corrected chi connectivity index (χ1v) is 13.2. The first kappa shape index (κ1) is 26.9. The number of halogens is 1. The van der Waals surface area contributed by atoms with Gasteiger partial charge in [0.25, 0.3) is 5.91 Å². The van der Waals surface area contributed by atoms with Crippen LogP contribution in [0.3, 0.4) is 0 Å². The van der Waals surface area contributed by atoms with Gasteiger partial charge in [0.1, 0.15) is 5.65 Å². The largest absolute Gasteiger partial charge is 0.482 e. The Balaban J connectivity index is 1.58. The molecule has 1 saturated carbocycles. The number of methoxy groups -OCH3 is 1. The van der Waals surface area contributed by atoms with E-state index in [0.717, 1.165) is 43.5 Å². The first-order chi connectivity index (χ1) is 17.7. The predicted molar refractivity (Wildman–Crippen MR) is 149 cm³/mol. The number of aromatic nitrogens is 2. The van der Waals surface area contributed by atoms with Crippen molar-refractivity contribution >= 4 is 34.2 Å². The minimum absolute atomic E-state index is 0.00943. The van der Waals surface area contributed by atoms with Crippen LogP contribution in [0, 0.1) is 6.92 Å². The number of carbonyl (C=O) groups excluding carboxylic acids is 1. The van der Waals surface area contributed by atoms with Crippen LogP contribution in [0.25, 0.3) is 11.0 Å². The van der Waals surface area contributed by atoms with E-state index in [1.54, 1.807) is 24.4 Å². The van der Waals surface area contributed by atoms with Crippen molar-refractivity contribution in [2.75, 3.05) is 32.6 Å². The molecular weight excluding hydrogens is 490 g/mol. The Kier molecular flexibility index (Phi) is 8.39. The van der Waals surface area contributed by atoms with E-state index in [-0.39, 0.29) is 23.8 Å². The third kappa shape index (κ3) is 5.60. The monoisotopic (exact) mass is 525 g/mol. The smallest absolute Gasteiger partial charge is 0.251 e. The van der Waals surface area contributed by atoms with Gasteiger partial charge < -0.3 is 24.8 Å². The second-order valence-corrected chi connectivity index (χ2v) is 10.3. The summed E-state index contributed by atoms with van der Waals surface area (Å²) in [6, 6.07) is 8.07. The lowest BCUT2D eigenvalue weighted by atomic mass is 9.89. The standard InChI is InChI=1S/C28H36ClN5O3/c1-6-34(20-11-9-19(10-12-20)33(3)4)24-15-18(29)14-22(17(24)2)27(36)31-16-23-25(35)21-8-7-13-30-26(21)32-28(23)37-5/h7-8,13-15,19-20H,6,9-12,16H2,1-5H3,(H,31,36)(H,30,32,35). The fourth-order valence-electron chi connectivity index (χ4n) is 5.45. The predicted octanol–water partition coefficient (Wildman–Crippen LogP) is 4.52. The van der Waals surface area contributed by atoms with Crippen molar-refractivity contribution < 1.29 is 9.53 Å². The van der Waals surface area contributed by atoms with Gasteiger partial charge in [0, 0.05) is 41.1 Å². The fraction of sp³-hybridized carbons (Fsp3) is 0.464. The molecule has 0 aliphatic heterocycles. The Bertz CT molecular complexity index is 1330. The first-order valence-electron chi connectivity index (χ1n) is 12.8. The lowest BCUT2D eigenvalue weighted by molar-refractivity contribution is 0.0950. The number of benzene rings is 1. The molecule has 1 amide bonds. The number of hydrogen-bond acceptors (Lipinski definition) is 6. The second kappa shape index (κ2) is 11.5. The number of pyridine rings is 2. The van der Waals surface area contributed by atoms with Crippen molar-refractivity contribution in [3.05, 3.63) is 62.4 Å². The molecule has 2 N–H and O–H groups in total. The van der Waals surface area contributed by atoms with E-state index in [4.69, 9.17) is 16.3 Å². The van der Waals surface area contributed by atoms with Gasteiger partial charge in [-0.15, -0.1) is 0 Å². The summed E-state index contributed by atoms with van der Waals surface area (Å²) in [6.45, 7) is 4.95. The van der Waals surface area contributed by atoms with Gasteiger partial charge in [-0.05, 0) is 83.5 Å². The summed E-state index contributed by atoms with van der Waals surface area (Å²) < 4.78 is 5.39. The molecule has 0 saturated heterocycles. The molecule has 9 heteroatoms. The molecule has 37 heavy (non-hydrogen) atoms. The third-order valence-corrected chi connectivity index (χ3v) is 7.76. The lowest BCUT2D eigenvalue weighted by Crippen LogP contribution is -2.42. The topological polar surface area (TPSA) is 90.6 Å². The Morgan fingerprint density at radius 3 is 2.57 bits per heavy atom. The minimum Gasteiger partial charge on any atom is -0.482 e. The van der Waals surface area contributed by atoms with Gasteiger partial charge in [0.15, 0.2) is 5.43 Å². The van der Waals surface area contributed by atoms with Crippen LogP contribution < -0.4 is 20.4 Å². The number of H-pyrrole nitrogens is 1. The molecule has 4 rings (SSSR count). The molecule has 0 bridgehead atoms. The highest BCUT2D eigenvalue weighted by atomic mass is 35.5. The molecule has 1 fully saturated rings. The molecule has 0 atom stereocenters. The summed E-state index contributed by atoms with van der Waals surface area (Å²) in [5, 5.41) is 3.86. The van der Waals surface area contributed by atoms with Crippen LogP contribution in [0.15, 0.2) is 35.3 Å². The number of fused-ring (bicyclic) bond motifs is 1. The Morgan fingerprint density at radius 1 is 1.22 bits per heavy atom. The van der Waals surface area contributed by atoms with Crippen LogP contribution in [-0.2, 0) is 6.54 Å². The zero-order valence-corrected chi connectivity index (χ0v) is 23.0. The number of ether oxygens (including phenoxy) is 1. The van der Waals surface area contributed by atoms with Crippen LogP contribution in [0.1, 0.15) is 54.1 Å². The second-order valence-electron chi connectivity index (χ2n) is 9.86. The summed E-state index contributed by atoms with van der Waals surface area (Å²) >= 11 is 6.53. The number of hydrogen-bond donors (Lipinski definition) is 2. The maximum atomic E-state index is 13.4. The van der Waals surface area contributed by atoms with Crippen LogP contribution in [0.2, 0.25) is 5.02 Å². The molecule has 1 aliphatic rings. The zero-order valence-electron chi connectivity index (χ0n) is 22.2. The van der Waals surface area contributed by atoms with Gasteiger partial charge in [-0.2, -0.15) is 0 Å². The Hall–Kier alpha value is -3.10. The van der Waals surface area contributed by atoms with E-state index in [9.17, 15) is 9.59 Å². The Labute approximate surface area is 223 Å². The molecule has 0 unspecified atom stereocenters. The quantitative estimate of drug-likeness (QED) is 0.449. The minimum atomic E-state index is -0.290. The maximum absolute atomic E-state index is 13.4. The Morgan fingerprint density at radius 2 is 1.92 bits per heavy atom. The van der Waals surface area contributed by atoms with E-state index in [2.05, 4.69) is 46.1 Å². The van der Waals surface area contributed by atoms with Crippen molar-refractivity contribution in [2.24, 2.45) is 0 Å². The highest BCUT2D eigenvalue weighted by molar-refractivity contribution is 6.31. The van der Waals surface area contributed by atoms with E-state index in [1.807, 2.05) is 13.0 Å². The van der Waals surface area contributed by atoms with Gasteiger partial charge in [-0.1, -0.05) is 11.6 Å². The van der Waals surface area contributed by atoms with Crippen LogP contribution in [-0.4, -0.2) is 60.6 Å². The fourth-order valence-corrected chi connectivity index (χ4v) is 5.66. The van der Waals surface area contributed by atoms with Crippen molar-refractivity contribution in [3.8, 4) is 5.88 Å². The van der Waals surface area contributed by atoms with Crippen molar-refractivity contribution in [2.45, 2.75) is 58.2 Å². The number of nitrogens with zero attached hydrogens (tertiary/aromatic N) is 3. The summed E-state index contributed by atoms with van der Waals surface area (Å²) in [5.41, 5.74) is 2.91. The van der Waals surface area contributed by atoms with E-state index in [0.29, 0.717) is 39.3 Å². The van der Waals surface area contributed by atoms with Crippen LogP contribution in [0.5, 0.6) is 5.88 Å². The average Bonchev–Trinajstić information content (AvgIpc) is 2.90. The molecule has 0 spiro atoms. The molecule has 198 valence electrons. The van der Waals surface area contributed by atoms with E-state index in [1.165, 1.54) is 7.11 Å². The van der Waals surface area contributed by atoms with Crippen LogP contribution >= 0.6 is 11.6 Å².